The van der Waals surface area contributed by atoms with E-state index in [1.165, 1.54) is 6.92 Å². The Morgan fingerprint density at radius 3 is 2.14 bits per heavy atom. The molecule has 8 nitrogen and oxygen atoms in total. The van der Waals surface area contributed by atoms with Crippen molar-refractivity contribution in [2.75, 3.05) is 53.0 Å². The minimum absolute atomic E-state index is 0.00427. The summed E-state index contributed by atoms with van der Waals surface area (Å²) in [6, 6.07) is -0.304. The summed E-state index contributed by atoms with van der Waals surface area (Å²) in [5.41, 5.74) is 0. The lowest BCUT2D eigenvalue weighted by Gasteiger charge is -2.34. The van der Waals surface area contributed by atoms with E-state index in [2.05, 4.69) is 10.6 Å². The highest BCUT2D eigenvalue weighted by Crippen LogP contribution is 2.03. The molecule has 0 aromatic carbocycles. The topological polar surface area (TPSA) is 91.0 Å². The summed E-state index contributed by atoms with van der Waals surface area (Å²) in [5.74, 6) is 0.0342. The molecule has 120 valence electrons. The normalized spacial score (nSPS) is 14.8. The Morgan fingerprint density at radius 1 is 1.00 bits per heavy atom. The Morgan fingerprint density at radius 2 is 1.57 bits per heavy atom. The summed E-state index contributed by atoms with van der Waals surface area (Å²) < 4.78 is 4.81. The smallest absolute Gasteiger partial charge is 0.314 e. The maximum absolute atomic E-state index is 11.9. The van der Waals surface area contributed by atoms with Crippen molar-refractivity contribution in [1.82, 2.24) is 20.4 Å². The van der Waals surface area contributed by atoms with Gasteiger partial charge in [0.1, 0.15) is 0 Å². The van der Waals surface area contributed by atoms with E-state index in [4.69, 9.17) is 4.74 Å². The van der Waals surface area contributed by atoms with Gasteiger partial charge in [0, 0.05) is 59.7 Å². The molecular formula is C13H24N4O4. The number of piperazine rings is 1. The van der Waals surface area contributed by atoms with Crippen molar-refractivity contribution in [3.63, 3.8) is 0 Å². The van der Waals surface area contributed by atoms with Crippen LogP contribution in [0, 0.1) is 0 Å². The summed E-state index contributed by atoms with van der Waals surface area (Å²) in [6.45, 7) is 4.97. The Bertz CT molecular complexity index is 367. The van der Waals surface area contributed by atoms with Crippen molar-refractivity contribution in [3.8, 4) is 0 Å². The third-order valence-electron chi connectivity index (χ3n) is 3.29. The van der Waals surface area contributed by atoms with Crippen LogP contribution in [0.2, 0.25) is 0 Å². The van der Waals surface area contributed by atoms with Crippen molar-refractivity contribution in [2.45, 2.75) is 13.3 Å². The fourth-order valence-electron chi connectivity index (χ4n) is 2.04. The molecule has 1 aliphatic heterocycles. The highest BCUT2D eigenvalue weighted by Gasteiger charge is 2.21. The number of hydrogen-bond acceptors (Lipinski definition) is 4. The van der Waals surface area contributed by atoms with Gasteiger partial charge in [0.25, 0.3) is 0 Å². The lowest BCUT2D eigenvalue weighted by molar-refractivity contribution is -0.138. The second kappa shape index (κ2) is 9.17. The first-order chi connectivity index (χ1) is 10.0. The molecule has 0 aromatic rings. The Balaban J connectivity index is 2.14. The highest BCUT2D eigenvalue weighted by molar-refractivity contribution is 5.79. The first-order valence-corrected chi connectivity index (χ1v) is 7.08. The molecular weight excluding hydrogens is 276 g/mol. The molecule has 8 heteroatoms. The molecule has 0 radical (unpaired) electrons. The van der Waals surface area contributed by atoms with Crippen molar-refractivity contribution in [3.05, 3.63) is 0 Å². The minimum atomic E-state index is -0.304. The molecule has 0 aliphatic carbocycles. The van der Waals surface area contributed by atoms with Crippen LogP contribution in [0.1, 0.15) is 13.3 Å². The van der Waals surface area contributed by atoms with Crippen LogP contribution >= 0.6 is 0 Å². The number of rotatable bonds is 6. The van der Waals surface area contributed by atoms with Gasteiger partial charge in [-0.3, -0.25) is 9.59 Å². The van der Waals surface area contributed by atoms with Gasteiger partial charge in [-0.1, -0.05) is 0 Å². The fraction of sp³-hybridized carbons (Fsp3) is 0.769. The van der Waals surface area contributed by atoms with Crippen molar-refractivity contribution >= 4 is 17.8 Å². The van der Waals surface area contributed by atoms with Crippen LogP contribution in [0.3, 0.4) is 0 Å². The largest absolute Gasteiger partial charge is 0.383 e. The first-order valence-electron chi connectivity index (χ1n) is 7.08. The number of methoxy groups -OCH3 is 1. The average molecular weight is 300 g/mol. The monoisotopic (exact) mass is 300 g/mol. The van der Waals surface area contributed by atoms with Gasteiger partial charge in [-0.25, -0.2) is 4.79 Å². The maximum Gasteiger partial charge on any atom is 0.314 e. The molecule has 1 heterocycles. The summed E-state index contributed by atoms with van der Waals surface area (Å²) in [6.07, 6.45) is 0.262. The van der Waals surface area contributed by atoms with Crippen LogP contribution in [0.25, 0.3) is 0 Å². The van der Waals surface area contributed by atoms with Gasteiger partial charge in [0.05, 0.1) is 6.61 Å². The average Bonchev–Trinajstić information content (AvgIpc) is 2.47. The third-order valence-corrected chi connectivity index (χ3v) is 3.29. The van der Waals surface area contributed by atoms with E-state index in [1.54, 1.807) is 16.9 Å². The molecule has 1 saturated heterocycles. The fourth-order valence-corrected chi connectivity index (χ4v) is 2.04. The van der Waals surface area contributed by atoms with E-state index in [0.29, 0.717) is 45.9 Å². The highest BCUT2D eigenvalue weighted by atomic mass is 16.5. The number of amides is 4. The summed E-state index contributed by atoms with van der Waals surface area (Å²) in [5, 5.41) is 5.23. The lowest BCUT2D eigenvalue weighted by atomic mass is 10.2. The van der Waals surface area contributed by atoms with E-state index >= 15 is 0 Å². The van der Waals surface area contributed by atoms with Gasteiger partial charge in [0.15, 0.2) is 0 Å². The quantitative estimate of drug-likeness (QED) is 0.616. The van der Waals surface area contributed by atoms with Crippen LogP contribution in [0.15, 0.2) is 0 Å². The van der Waals surface area contributed by atoms with Gasteiger partial charge in [0.2, 0.25) is 11.8 Å². The van der Waals surface area contributed by atoms with Gasteiger partial charge >= 0.3 is 6.03 Å². The van der Waals surface area contributed by atoms with E-state index in [9.17, 15) is 14.4 Å². The molecule has 0 bridgehead atoms. The third kappa shape index (κ3) is 6.44. The molecule has 1 rings (SSSR count). The predicted octanol–water partition coefficient (Wildman–Crippen LogP) is -0.987. The number of carbonyl (C=O) groups is 3. The number of nitrogens with zero attached hydrogens (tertiary/aromatic N) is 2. The Hall–Kier alpha value is -1.83. The zero-order valence-corrected chi connectivity index (χ0v) is 12.7. The van der Waals surface area contributed by atoms with Crippen LogP contribution < -0.4 is 10.6 Å². The second-order valence-electron chi connectivity index (χ2n) is 4.81. The van der Waals surface area contributed by atoms with Crippen LogP contribution in [-0.2, 0) is 14.3 Å². The van der Waals surface area contributed by atoms with Crippen molar-refractivity contribution < 1.29 is 19.1 Å². The van der Waals surface area contributed by atoms with Gasteiger partial charge < -0.3 is 25.2 Å². The SMILES string of the molecule is COCCNC(=O)NCCC(=O)N1CCN(C(C)=O)CC1. The standard InChI is InChI=1S/C13H24N4O4/c1-11(18)16-6-8-17(9-7-16)12(19)3-4-14-13(20)15-5-10-21-2/h3-10H2,1-2H3,(H2,14,15,20). The molecule has 0 atom stereocenters. The van der Waals surface area contributed by atoms with E-state index in [1.807, 2.05) is 0 Å². The molecule has 0 unspecified atom stereocenters. The number of nitrogens with one attached hydrogen (secondary N) is 2. The van der Waals surface area contributed by atoms with E-state index in [-0.39, 0.29) is 24.3 Å². The number of hydrogen-bond donors (Lipinski definition) is 2. The summed E-state index contributed by atoms with van der Waals surface area (Å²) >= 11 is 0. The van der Waals surface area contributed by atoms with Gasteiger partial charge in [-0.15, -0.1) is 0 Å². The summed E-state index contributed by atoms with van der Waals surface area (Å²) in [4.78, 5) is 37.9. The Labute approximate surface area is 124 Å². The molecule has 0 saturated carbocycles. The van der Waals surface area contributed by atoms with Crippen LogP contribution in [0.4, 0.5) is 4.79 Å². The predicted molar refractivity (Wildman–Crippen MR) is 76.7 cm³/mol. The minimum Gasteiger partial charge on any atom is -0.383 e. The van der Waals surface area contributed by atoms with E-state index in [0.717, 1.165) is 0 Å². The molecule has 1 aliphatic rings. The maximum atomic E-state index is 11.9. The Kier molecular flexibility index (Phi) is 7.52. The van der Waals surface area contributed by atoms with Gasteiger partial charge in [-0.05, 0) is 0 Å². The zero-order chi connectivity index (χ0) is 15.7. The number of ether oxygens (including phenoxy) is 1. The van der Waals surface area contributed by atoms with Crippen molar-refractivity contribution in [2.24, 2.45) is 0 Å². The second-order valence-corrected chi connectivity index (χ2v) is 4.81. The first kappa shape index (κ1) is 17.2. The molecule has 0 aromatic heterocycles. The molecule has 2 N–H and O–H groups in total. The summed E-state index contributed by atoms with van der Waals surface area (Å²) in [7, 11) is 1.56. The van der Waals surface area contributed by atoms with E-state index < -0.39 is 0 Å². The molecule has 0 spiro atoms. The lowest BCUT2D eigenvalue weighted by Crippen LogP contribution is -2.50. The molecule has 21 heavy (non-hydrogen) atoms. The van der Waals surface area contributed by atoms with Crippen molar-refractivity contribution in [1.29, 1.82) is 0 Å². The zero-order valence-electron chi connectivity index (χ0n) is 12.7. The molecule has 1 fully saturated rings. The van der Waals surface area contributed by atoms with Gasteiger partial charge in [-0.2, -0.15) is 0 Å². The number of urea groups is 1. The molecule has 4 amide bonds. The number of carbonyl (C=O) groups excluding carboxylic acids is 3. The van der Waals surface area contributed by atoms with Crippen LogP contribution in [-0.4, -0.2) is 80.6 Å². The van der Waals surface area contributed by atoms with Crippen LogP contribution in [0.5, 0.6) is 0 Å².